The maximum Gasteiger partial charge on any atom is 0.0618 e. The summed E-state index contributed by atoms with van der Waals surface area (Å²) in [6.07, 6.45) is 11.8. The quantitative estimate of drug-likeness (QED) is 0.698. The van der Waals surface area contributed by atoms with Crippen molar-refractivity contribution in [1.82, 2.24) is 0 Å². The zero-order valence-electron chi connectivity index (χ0n) is 15.8. The van der Waals surface area contributed by atoms with E-state index in [1.807, 2.05) is 0 Å². The van der Waals surface area contributed by atoms with Gasteiger partial charge in [0.15, 0.2) is 0 Å². The molecule has 2 aliphatic rings. The molecule has 0 heterocycles. The summed E-state index contributed by atoms with van der Waals surface area (Å²) in [6.45, 7) is 3.27. The molecule has 1 fully saturated rings. The Morgan fingerprint density at radius 2 is 2.08 bits per heavy atom. The molecular weight excluding hydrogens is 310 g/mol. The van der Waals surface area contributed by atoms with Crippen LogP contribution in [0.4, 0.5) is 0 Å². The fraction of sp³-hybridized carbons (Fsp3) is 0.727. The minimum absolute atomic E-state index is 0.103. The van der Waals surface area contributed by atoms with Crippen LogP contribution in [0.25, 0.3) is 0 Å². The second-order valence-corrected chi connectivity index (χ2v) is 8.28. The van der Waals surface area contributed by atoms with Gasteiger partial charge in [0.25, 0.3) is 0 Å². The summed E-state index contributed by atoms with van der Waals surface area (Å²) in [4.78, 5) is 0. The lowest BCUT2D eigenvalue weighted by Crippen LogP contribution is -2.40. The van der Waals surface area contributed by atoms with Crippen molar-refractivity contribution >= 4 is 0 Å². The number of unbranched alkanes of at least 4 members (excludes halogenated alkanes) is 3. The lowest BCUT2D eigenvalue weighted by molar-refractivity contribution is 0.0417. The van der Waals surface area contributed by atoms with Gasteiger partial charge >= 0.3 is 0 Å². The lowest BCUT2D eigenvalue weighted by Gasteiger charge is -2.26. The van der Waals surface area contributed by atoms with Gasteiger partial charge in [0, 0.05) is 12.1 Å². The van der Waals surface area contributed by atoms with Crippen LogP contribution >= 0.6 is 0 Å². The number of hydrogen-bond donors (Lipinski definition) is 2. The predicted molar refractivity (Wildman–Crippen MR) is 103 cm³/mol. The first kappa shape index (κ1) is 18.9. The minimum Gasteiger partial charge on any atom is -0.394 e. The number of hydrogen-bond acceptors (Lipinski definition) is 3. The molecule has 1 unspecified atom stereocenters. The molecule has 25 heavy (non-hydrogen) atoms. The second kappa shape index (κ2) is 8.66. The molecule has 1 aromatic rings. The maximum atomic E-state index is 9.49. The Labute approximate surface area is 153 Å². The van der Waals surface area contributed by atoms with E-state index in [0.29, 0.717) is 12.0 Å². The molecule has 0 saturated heterocycles. The molecule has 0 aromatic heterocycles. The first-order valence-corrected chi connectivity index (χ1v) is 10.3. The van der Waals surface area contributed by atoms with Crippen molar-refractivity contribution in [3.8, 4) is 0 Å². The number of aliphatic hydroxyl groups excluding tert-OH is 1. The summed E-state index contributed by atoms with van der Waals surface area (Å²) >= 11 is 0. The molecule has 3 rings (SSSR count). The largest absolute Gasteiger partial charge is 0.394 e. The molecular formula is C22H35NO2. The van der Waals surface area contributed by atoms with Gasteiger partial charge in [0.2, 0.25) is 0 Å². The third kappa shape index (κ3) is 4.84. The van der Waals surface area contributed by atoms with Gasteiger partial charge < -0.3 is 15.6 Å². The number of nitrogens with two attached hydrogens (primary N) is 1. The molecule has 0 aliphatic heterocycles. The van der Waals surface area contributed by atoms with E-state index in [2.05, 4.69) is 25.1 Å². The van der Waals surface area contributed by atoms with Crippen LogP contribution in [-0.4, -0.2) is 30.0 Å². The molecule has 2 aliphatic carbocycles. The highest BCUT2D eigenvalue weighted by Gasteiger charge is 2.36. The average molecular weight is 346 g/mol. The number of rotatable bonds is 8. The zero-order valence-corrected chi connectivity index (χ0v) is 15.8. The number of ether oxygens (including phenoxy) is 1. The second-order valence-electron chi connectivity index (χ2n) is 8.28. The van der Waals surface area contributed by atoms with E-state index in [1.165, 1.54) is 42.4 Å². The Bertz CT molecular complexity index is 559. The van der Waals surface area contributed by atoms with Crippen LogP contribution < -0.4 is 5.73 Å². The molecule has 3 heteroatoms. The molecule has 3 atom stereocenters. The van der Waals surface area contributed by atoms with Crippen molar-refractivity contribution in [2.45, 2.75) is 88.7 Å². The van der Waals surface area contributed by atoms with Gasteiger partial charge in [0.1, 0.15) is 0 Å². The van der Waals surface area contributed by atoms with Gasteiger partial charge in [-0.25, -0.2) is 0 Å². The summed E-state index contributed by atoms with van der Waals surface area (Å²) in [7, 11) is 0. The monoisotopic (exact) mass is 345 g/mol. The van der Waals surface area contributed by atoms with Gasteiger partial charge in [-0.15, -0.1) is 0 Å². The van der Waals surface area contributed by atoms with Crippen molar-refractivity contribution < 1.29 is 9.84 Å². The topological polar surface area (TPSA) is 55.5 Å². The zero-order chi connectivity index (χ0) is 17.7. The summed E-state index contributed by atoms with van der Waals surface area (Å²) in [5.41, 5.74) is 10.3. The normalized spacial score (nSPS) is 28.9. The molecule has 3 N–H and O–H groups in total. The SMILES string of the molecule is CCCCCCOC1CCc2cc([C@@H]3CC[C@](N)(CO)C3)ccc2C1. The van der Waals surface area contributed by atoms with Crippen molar-refractivity contribution in [3.63, 3.8) is 0 Å². The first-order valence-electron chi connectivity index (χ1n) is 10.3. The van der Waals surface area contributed by atoms with E-state index in [-0.39, 0.29) is 12.1 Å². The predicted octanol–water partition coefficient (Wildman–Crippen LogP) is 4.10. The first-order chi connectivity index (χ1) is 12.1. The number of benzene rings is 1. The molecule has 3 nitrogen and oxygen atoms in total. The molecule has 1 saturated carbocycles. The van der Waals surface area contributed by atoms with E-state index < -0.39 is 0 Å². The number of aryl methyl sites for hydroxylation is 1. The van der Waals surface area contributed by atoms with Crippen molar-refractivity contribution in [2.24, 2.45) is 5.73 Å². The minimum atomic E-state index is -0.364. The molecule has 0 amide bonds. The van der Waals surface area contributed by atoms with Crippen LogP contribution in [0.5, 0.6) is 0 Å². The molecule has 140 valence electrons. The third-order valence-corrected chi connectivity index (χ3v) is 6.19. The van der Waals surface area contributed by atoms with Crippen molar-refractivity contribution in [1.29, 1.82) is 0 Å². The fourth-order valence-electron chi connectivity index (χ4n) is 4.50. The van der Waals surface area contributed by atoms with Gasteiger partial charge in [-0.3, -0.25) is 0 Å². The average Bonchev–Trinajstić information content (AvgIpc) is 3.04. The fourth-order valence-corrected chi connectivity index (χ4v) is 4.50. The van der Waals surface area contributed by atoms with E-state index in [4.69, 9.17) is 10.5 Å². The van der Waals surface area contributed by atoms with Crippen molar-refractivity contribution in [2.75, 3.05) is 13.2 Å². The Morgan fingerprint density at radius 3 is 2.84 bits per heavy atom. The van der Waals surface area contributed by atoms with Crippen LogP contribution in [0.3, 0.4) is 0 Å². The van der Waals surface area contributed by atoms with Crippen LogP contribution in [0.2, 0.25) is 0 Å². The standard InChI is InChI=1S/C22H35NO2/c1-2-3-4-5-12-25-21-9-8-17-13-18(6-7-19(17)14-21)20-10-11-22(23,15-20)16-24/h6-7,13,20-21,24H,2-5,8-12,14-16,23H2,1H3/t20-,21?,22-/m1/s1. The summed E-state index contributed by atoms with van der Waals surface area (Å²) in [6, 6.07) is 7.00. The van der Waals surface area contributed by atoms with Crippen LogP contribution in [-0.2, 0) is 17.6 Å². The van der Waals surface area contributed by atoms with Crippen LogP contribution in [0, 0.1) is 0 Å². The number of aliphatic hydroxyl groups is 1. The summed E-state index contributed by atoms with van der Waals surface area (Å²) < 4.78 is 6.11. The number of fused-ring (bicyclic) bond motifs is 1. The smallest absolute Gasteiger partial charge is 0.0618 e. The molecule has 0 spiro atoms. The van der Waals surface area contributed by atoms with Gasteiger partial charge in [-0.1, -0.05) is 44.4 Å². The van der Waals surface area contributed by atoms with E-state index >= 15 is 0 Å². The highest BCUT2D eigenvalue weighted by Crippen LogP contribution is 2.40. The Morgan fingerprint density at radius 1 is 1.20 bits per heavy atom. The molecule has 0 bridgehead atoms. The van der Waals surface area contributed by atoms with E-state index in [0.717, 1.165) is 45.1 Å². The van der Waals surface area contributed by atoms with Crippen LogP contribution in [0.1, 0.15) is 80.9 Å². The van der Waals surface area contributed by atoms with E-state index in [9.17, 15) is 5.11 Å². The van der Waals surface area contributed by atoms with Crippen molar-refractivity contribution in [3.05, 3.63) is 34.9 Å². The van der Waals surface area contributed by atoms with Gasteiger partial charge in [0.05, 0.1) is 12.7 Å². The Kier molecular flexibility index (Phi) is 6.54. The van der Waals surface area contributed by atoms with Gasteiger partial charge in [-0.2, -0.15) is 0 Å². The lowest BCUT2D eigenvalue weighted by atomic mass is 9.85. The molecule has 0 radical (unpaired) electrons. The van der Waals surface area contributed by atoms with Crippen LogP contribution in [0.15, 0.2) is 18.2 Å². The summed E-state index contributed by atoms with van der Waals surface area (Å²) in [5.74, 6) is 0.509. The Balaban J connectivity index is 1.53. The Hall–Kier alpha value is -0.900. The van der Waals surface area contributed by atoms with E-state index in [1.54, 1.807) is 0 Å². The highest BCUT2D eigenvalue weighted by molar-refractivity contribution is 5.36. The third-order valence-electron chi connectivity index (χ3n) is 6.19. The highest BCUT2D eigenvalue weighted by atomic mass is 16.5. The summed E-state index contributed by atoms with van der Waals surface area (Å²) in [5, 5.41) is 9.49. The molecule has 1 aromatic carbocycles. The maximum absolute atomic E-state index is 9.49. The van der Waals surface area contributed by atoms with Gasteiger partial charge in [-0.05, 0) is 67.6 Å².